The molecule has 1 saturated carbocycles. The van der Waals surface area contributed by atoms with E-state index in [1.54, 1.807) is 0 Å². The summed E-state index contributed by atoms with van der Waals surface area (Å²) in [6.45, 7) is 2.97. The topological polar surface area (TPSA) is 44.1 Å². The maximum atomic E-state index is 11.8. The minimum Gasteiger partial charge on any atom is -0.338 e. The highest BCUT2D eigenvalue weighted by Crippen LogP contribution is 2.29. The van der Waals surface area contributed by atoms with E-state index in [2.05, 4.69) is 13.0 Å². The van der Waals surface area contributed by atoms with Gasteiger partial charge in [0.25, 0.3) is 0 Å². The maximum absolute atomic E-state index is 11.8. The van der Waals surface area contributed by atoms with Gasteiger partial charge in [-0.1, -0.05) is 19.8 Å². The molecular formula is C13H20N2O. The van der Waals surface area contributed by atoms with E-state index in [0.717, 1.165) is 18.8 Å². The first-order valence-electron chi connectivity index (χ1n) is 6.39. The third kappa shape index (κ3) is 2.37. The summed E-state index contributed by atoms with van der Waals surface area (Å²) >= 11 is 0. The molecule has 88 valence electrons. The molecule has 0 aromatic carbocycles. The van der Waals surface area contributed by atoms with E-state index < -0.39 is 0 Å². The lowest BCUT2D eigenvalue weighted by atomic mass is 10.0. The van der Waals surface area contributed by atoms with E-state index in [1.165, 1.54) is 19.3 Å². The lowest BCUT2D eigenvalue weighted by Crippen LogP contribution is -2.36. The van der Waals surface area contributed by atoms with Crippen LogP contribution in [-0.4, -0.2) is 23.4 Å². The Morgan fingerprint density at radius 3 is 2.81 bits per heavy atom. The van der Waals surface area contributed by atoms with Crippen molar-refractivity contribution in [2.45, 2.75) is 51.5 Å². The molecule has 2 aliphatic rings. The normalized spacial score (nSPS) is 35.9. The van der Waals surface area contributed by atoms with Crippen molar-refractivity contribution >= 4 is 5.91 Å². The van der Waals surface area contributed by atoms with Crippen LogP contribution in [0.4, 0.5) is 0 Å². The van der Waals surface area contributed by atoms with Gasteiger partial charge in [0.15, 0.2) is 0 Å². The van der Waals surface area contributed by atoms with Gasteiger partial charge in [0.2, 0.25) is 5.91 Å². The molecule has 3 atom stereocenters. The molecule has 0 spiro atoms. The Morgan fingerprint density at radius 1 is 1.31 bits per heavy atom. The summed E-state index contributed by atoms with van der Waals surface area (Å²) in [7, 11) is 0. The van der Waals surface area contributed by atoms with Crippen molar-refractivity contribution in [3.63, 3.8) is 0 Å². The van der Waals surface area contributed by atoms with Crippen molar-refractivity contribution < 1.29 is 4.79 Å². The Balaban J connectivity index is 1.97. The largest absolute Gasteiger partial charge is 0.338 e. The molecule has 1 aliphatic carbocycles. The standard InChI is InChI=1S/C13H20N2O/c1-10-3-2-4-12(6-5-10)15-9-11(8-14)7-13(15)16/h10-12H,2-7,9H2,1H3. The van der Waals surface area contributed by atoms with Crippen molar-refractivity contribution in [2.24, 2.45) is 11.8 Å². The minimum absolute atomic E-state index is 0.0619. The monoisotopic (exact) mass is 220 g/mol. The molecule has 1 heterocycles. The van der Waals surface area contributed by atoms with E-state index in [0.29, 0.717) is 19.0 Å². The van der Waals surface area contributed by atoms with Gasteiger partial charge >= 0.3 is 0 Å². The molecule has 0 radical (unpaired) electrons. The molecule has 0 bridgehead atoms. The predicted molar refractivity (Wildman–Crippen MR) is 61.5 cm³/mol. The van der Waals surface area contributed by atoms with Crippen LogP contribution in [0.3, 0.4) is 0 Å². The zero-order chi connectivity index (χ0) is 11.5. The van der Waals surface area contributed by atoms with E-state index >= 15 is 0 Å². The molecule has 0 aromatic rings. The molecular weight excluding hydrogens is 200 g/mol. The average molecular weight is 220 g/mol. The van der Waals surface area contributed by atoms with Crippen molar-refractivity contribution in [3.05, 3.63) is 0 Å². The molecule has 2 rings (SSSR count). The fraction of sp³-hybridized carbons (Fsp3) is 0.846. The number of hydrogen-bond donors (Lipinski definition) is 0. The fourth-order valence-corrected chi connectivity index (χ4v) is 2.95. The number of nitriles is 1. The zero-order valence-electron chi connectivity index (χ0n) is 9.98. The minimum atomic E-state index is -0.0619. The number of nitrogens with zero attached hydrogens (tertiary/aromatic N) is 2. The smallest absolute Gasteiger partial charge is 0.224 e. The highest BCUT2D eigenvalue weighted by molar-refractivity contribution is 5.79. The number of rotatable bonds is 1. The molecule has 3 heteroatoms. The van der Waals surface area contributed by atoms with E-state index in [-0.39, 0.29) is 11.8 Å². The van der Waals surface area contributed by atoms with Crippen LogP contribution < -0.4 is 0 Å². The predicted octanol–water partition coefficient (Wildman–Crippen LogP) is 2.33. The number of carbonyl (C=O) groups excluding carboxylic acids is 1. The molecule has 3 unspecified atom stereocenters. The van der Waals surface area contributed by atoms with E-state index in [1.807, 2.05) is 4.90 Å². The number of amides is 1. The lowest BCUT2D eigenvalue weighted by Gasteiger charge is -2.26. The Bertz CT molecular complexity index is 308. The lowest BCUT2D eigenvalue weighted by molar-refractivity contribution is -0.129. The maximum Gasteiger partial charge on any atom is 0.224 e. The zero-order valence-corrected chi connectivity index (χ0v) is 9.98. The third-order valence-electron chi connectivity index (χ3n) is 4.01. The molecule has 16 heavy (non-hydrogen) atoms. The summed E-state index contributed by atoms with van der Waals surface area (Å²) in [5.41, 5.74) is 0. The third-order valence-corrected chi connectivity index (χ3v) is 4.01. The molecule has 3 nitrogen and oxygen atoms in total. The SMILES string of the molecule is CC1CCCC(N2CC(C#N)CC2=O)CC1. The summed E-state index contributed by atoms with van der Waals surface area (Å²) < 4.78 is 0. The van der Waals surface area contributed by atoms with Gasteiger partial charge in [-0.2, -0.15) is 5.26 Å². The highest BCUT2D eigenvalue weighted by Gasteiger charge is 2.34. The van der Waals surface area contributed by atoms with Gasteiger partial charge in [0, 0.05) is 19.0 Å². The second kappa shape index (κ2) is 4.86. The van der Waals surface area contributed by atoms with Gasteiger partial charge in [0.1, 0.15) is 0 Å². The van der Waals surface area contributed by atoms with Crippen molar-refractivity contribution in [1.82, 2.24) is 4.90 Å². The summed E-state index contributed by atoms with van der Waals surface area (Å²) in [4.78, 5) is 13.8. The first-order chi connectivity index (χ1) is 7.70. The molecule has 2 fully saturated rings. The van der Waals surface area contributed by atoms with Crippen LogP contribution in [-0.2, 0) is 4.79 Å². The van der Waals surface area contributed by atoms with Gasteiger partial charge in [-0.25, -0.2) is 0 Å². The van der Waals surface area contributed by atoms with Gasteiger partial charge < -0.3 is 4.90 Å². The van der Waals surface area contributed by atoms with Crippen LogP contribution in [0.5, 0.6) is 0 Å². The molecule has 1 amide bonds. The number of hydrogen-bond acceptors (Lipinski definition) is 2. The Labute approximate surface area is 97.4 Å². The fourth-order valence-electron chi connectivity index (χ4n) is 2.95. The Kier molecular flexibility index (Phi) is 3.48. The van der Waals surface area contributed by atoms with Crippen LogP contribution in [0, 0.1) is 23.2 Å². The van der Waals surface area contributed by atoms with Crippen LogP contribution in [0.15, 0.2) is 0 Å². The quantitative estimate of drug-likeness (QED) is 0.636. The molecule has 0 aromatic heterocycles. The van der Waals surface area contributed by atoms with Crippen LogP contribution in [0.25, 0.3) is 0 Å². The van der Waals surface area contributed by atoms with E-state index in [4.69, 9.17) is 5.26 Å². The van der Waals surface area contributed by atoms with Crippen molar-refractivity contribution in [1.29, 1.82) is 5.26 Å². The molecule has 1 saturated heterocycles. The second-order valence-corrected chi connectivity index (χ2v) is 5.34. The first kappa shape index (κ1) is 11.4. The van der Waals surface area contributed by atoms with Gasteiger partial charge in [-0.15, -0.1) is 0 Å². The summed E-state index contributed by atoms with van der Waals surface area (Å²) in [5, 5.41) is 8.87. The molecule has 0 N–H and O–H groups in total. The number of likely N-dealkylation sites (tertiary alicyclic amines) is 1. The van der Waals surface area contributed by atoms with Crippen molar-refractivity contribution in [2.75, 3.05) is 6.54 Å². The van der Waals surface area contributed by atoms with Crippen molar-refractivity contribution in [3.8, 4) is 6.07 Å². The van der Waals surface area contributed by atoms with Gasteiger partial charge in [-0.05, 0) is 25.2 Å². The van der Waals surface area contributed by atoms with Crippen LogP contribution >= 0.6 is 0 Å². The first-order valence-corrected chi connectivity index (χ1v) is 6.39. The Hall–Kier alpha value is -1.04. The number of carbonyl (C=O) groups is 1. The van der Waals surface area contributed by atoms with Crippen LogP contribution in [0.1, 0.15) is 45.4 Å². The Morgan fingerprint density at radius 2 is 2.12 bits per heavy atom. The van der Waals surface area contributed by atoms with Gasteiger partial charge in [0.05, 0.1) is 12.0 Å². The second-order valence-electron chi connectivity index (χ2n) is 5.34. The summed E-state index contributed by atoms with van der Waals surface area (Å²) in [5.74, 6) is 0.939. The summed E-state index contributed by atoms with van der Waals surface area (Å²) in [6.07, 6.45) is 6.46. The van der Waals surface area contributed by atoms with E-state index in [9.17, 15) is 4.79 Å². The van der Waals surface area contributed by atoms with Crippen LogP contribution in [0.2, 0.25) is 0 Å². The highest BCUT2D eigenvalue weighted by atomic mass is 16.2. The summed E-state index contributed by atoms with van der Waals surface area (Å²) in [6, 6.07) is 2.64. The molecule has 1 aliphatic heterocycles. The van der Waals surface area contributed by atoms with Gasteiger partial charge in [-0.3, -0.25) is 4.79 Å². The average Bonchev–Trinajstić information content (AvgIpc) is 2.51.